The molecular formula is C15H22N2. The van der Waals surface area contributed by atoms with Gasteiger partial charge in [-0.05, 0) is 49.9 Å². The lowest BCUT2D eigenvalue weighted by molar-refractivity contribution is 0.497. The molecule has 0 aliphatic carbocycles. The minimum Gasteiger partial charge on any atom is -0.310 e. The summed E-state index contributed by atoms with van der Waals surface area (Å²) in [5, 5.41) is 12.2. The molecule has 92 valence electrons. The summed E-state index contributed by atoms with van der Waals surface area (Å²) in [6.07, 6.45) is 2.49. The van der Waals surface area contributed by atoms with Gasteiger partial charge in [0, 0.05) is 6.04 Å². The molecule has 0 saturated carbocycles. The van der Waals surface area contributed by atoms with Crippen LogP contribution in [0.15, 0.2) is 24.3 Å². The number of hydrogen-bond donors (Lipinski definition) is 1. The second-order valence-corrected chi connectivity index (χ2v) is 4.95. The Morgan fingerprint density at radius 1 is 1.18 bits per heavy atom. The first-order valence-electron chi connectivity index (χ1n) is 6.37. The van der Waals surface area contributed by atoms with Crippen LogP contribution >= 0.6 is 0 Å². The van der Waals surface area contributed by atoms with Crippen molar-refractivity contribution < 1.29 is 0 Å². The molecule has 0 saturated heterocycles. The van der Waals surface area contributed by atoms with Crippen LogP contribution in [0.3, 0.4) is 0 Å². The van der Waals surface area contributed by atoms with E-state index in [0.717, 1.165) is 18.0 Å². The summed E-state index contributed by atoms with van der Waals surface area (Å²) in [6.45, 7) is 7.73. The Labute approximate surface area is 105 Å². The Kier molecular flexibility index (Phi) is 5.72. The first kappa shape index (κ1) is 13.7. The van der Waals surface area contributed by atoms with Gasteiger partial charge in [0.05, 0.1) is 11.6 Å². The second kappa shape index (κ2) is 7.09. The van der Waals surface area contributed by atoms with Crippen molar-refractivity contribution >= 4 is 0 Å². The van der Waals surface area contributed by atoms with Crippen LogP contribution in [0, 0.1) is 17.2 Å². The monoisotopic (exact) mass is 230 g/mol. The highest BCUT2D eigenvalue weighted by atomic mass is 14.9. The van der Waals surface area contributed by atoms with E-state index in [1.165, 1.54) is 18.4 Å². The molecule has 2 nitrogen and oxygen atoms in total. The van der Waals surface area contributed by atoms with Gasteiger partial charge in [0.1, 0.15) is 0 Å². The van der Waals surface area contributed by atoms with E-state index in [1.807, 2.05) is 24.3 Å². The maximum Gasteiger partial charge on any atom is 0.0991 e. The standard InChI is InChI=1S/C15H22N2/c1-12(2)5-4-10-17-13(3)15-8-6-14(11-16)7-9-15/h6-9,12-13,17H,4-5,10H2,1-3H3. The fourth-order valence-corrected chi connectivity index (χ4v) is 1.79. The first-order chi connectivity index (χ1) is 8.13. The van der Waals surface area contributed by atoms with Crippen LogP contribution in [0.2, 0.25) is 0 Å². The molecule has 0 fully saturated rings. The Morgan fingerprint density at radius 3 is 2.35 bits per heavy atom. The third-order valence-corrected chi connectivity index (χ3v) is 2.95. The predicted octanol–water partition coefficient (Wildman–Crippen LogP) is 3.65. The zero-order chi connectivity index (χ0) is 12.7. The summed E-state index contributed by atoms with van der Waals surface area (Å²) in [5.74, 6) is 0.780. The molecule has 0 radical (unpaired) electrons. The maximum atomic E-state index is 8.73. The average molecular weight is 230 g/mol. The smallest absolute Gasteiger partial charge is 0.0991 e. The van der Waals surface area contributed by atoms with Crippen molar-refractivity contribution in [1.29, 1.82) is 5.26 Å². The van der Waals surface area contributed by atoms with Gasteiger partial charge in [0.25, 0.3) is 0 Å². The highest BCUT2D eigenvalue weighted by Gasteiger charge is 2.04. The van der Waals surface area contributed by atoms with E-state index in [2.05, 4.69) is 32.2 Å². The van der Waals surface area contributed by atoms with Crippen LogP contribution in [0.5, 0.6) is 0 Å². The van der Waals surface area contributed by atoms with E-state index < -0.39 is 0 Å². The van der Waals surface area contributed by atoms with Gasteiger partial charge in [-0.2, -0.15) is 5.26 Å². The Balaban J connectivity index is 2.36. The van der Waals surface area contributed by atoms with Gasteiger partial charge in [-0.15, -0.1) is 0 Å². The molecule has 2 heteroatoms. The number of hydrogen-bond acceptors (Lipinski definition) is 2. The SMILES string of the molecule is CC(C)CCCNC(C)c1ccc(C#N)cc1. The molecule has 1 aromatic rings. The molecule has 1 aromatic carbocycles. The number of nitriles is 1. The van der Waals surface area contributed by atoms with Gasteiger partial charge in [0.15, 0.2) is 0 Å². The maximum absolute atomic E-state index is 8.73. The van der Waals surface area contributed by atoms with E-state index >= 15 is 0 Å². The number of nitrogens with zero attached hydrogens (tertiary/aromatic N) is 1. The lowest BCUT2D eigenvalue weighted by Gasteiger charge is -2.14. The molecule has 1 atom stereocenters. The van der Waals surface area contributed by atoms with Crippen molar-refractivity contribution in [3.05, 3.63) is 35.4 Å². The predicted molar refractivity (Wildman–Crippen MR) is 71.6 cm³/mol. The Hall–Kier alpha value is -1.33. The Bertz CT molecular complexity index is 360. The van der Waals surface area contributed by atoms with E-state index in [-0.39, 0.29) is 0 Å². The molecule has 0 aliphatic rings. The molecular weight excluding hydrogens is 208 g/mol. The van der Waals surface area contributed by atoms with Crippen molar-refractivity contribution in [3.63, 3.8) is 0 Å². The van der Waals surface area contributed by atoms with E-state index in [0.29, 0.717) is 6.04 Å². The molecule has 0 aliphatic heterocycles. The van der Waals surface area contributed by atoms with Crippen LogP contribution in [-0.4, -0.2) is 6.54 Å². The van der Waals surface area contributed by atoms with Gasteiger partial charge in [-0.25, -0.2) is 0 Å². The average Bonchev–Trinajstić information content (AvgIpc) is 2.34. The molecule has 1 rings (SSSR count). The zero-order valence-corrected chi connectivity index (χ0v) is 11.0. The number of rotatable bonds is 6. The molecule has 1 unspecified atom stereocenters. The molecule has 0 bridgehead atoms. The summed E-state index contributed by atoms with van der Waals surface area (Å²) in [7, 11) is 0. The first-order valence-corrected chi connectivity index (χ1v) is 6.37. The van der Waals surface area contributed by atoms with Crippen LogP contribution < -0.4 is 5.32 Å². The minimum atomic E-state index is 0.356. The van der Waals surface area contributed by atoms with Gasteiger partial charge in [-0.1, -0.05) is 26.0 Å². The van der Waals surface area contributed by atoms with Crippen molar-refractivity contribution in [2.45, 2.75) is 39.7 Å². The second-order valence-electron chi connectivity index (χ2n) is 4.95. The van der Waals surface area contributed by atoms with E-state index in [9.17, 15) is 0 Å². The quantitative estimate of drug-likeness (QED) is 0.757. The van der Waals surface area contributed by atoms with Gasteiger partial charge in [-0.3, -0.25) is 0 Å². The normalized spacial score (nSPS) is 12.4. The van der Waals surface area contributed by atoms with E-state index in [1.54, 1.807) is 0 Å². The van der Waals surface area contributed by atoms with E-state index in [4.69, 9.17) is 5.26 Å². The third kappa shape index (κ3) is 5.01. The summed E-state index contributed by atoms with van der Waals surface area (Å²) in [4.78, 5) is 0. The van der Waals surface area contributed by atoms with Crippen molar-refractivity contribution in [2.75, 3.05) is 6.54 Å². The Morgan fingerprint density at radius 2 is 1.82 bits per heavy atom. The van der Waals surface area contributed by atoms with Gasteiger partial charge < -0.3 is 5.32 Å². The van der Waals surface area contributed by atoms with Crippen LogP contribution in [0.25, 0.3) is 0 Å². The summed E-state index contributed by atoms with van der Waals surface area (Å²) >= 11 is 0. The van der Waals surface area contributed by atoms with Crippen LogP contribution in [0.4, 0.5) is 0 Å². The molecule has 17 heavy (non-hydrogen) atoms. The van der Waals surface area contributed by atoms with Crippen molar-refractivity contribution in [2.24, 2.45) is 5.92 Å². The molecule has 0 spiro atoms. The van der Waals surface area contributed by atoms with Crippen molar-refractivity contribution in [3.8, 4) is 6.07 Å². The molecule has 1 N–H and O–H groups in total. The third-order valence-electron chi connectivity index (χ3n) is 2.95. The number of benzene rings is 1. The minimum absolute atomic E-state index is 0.356. The summed E-state index contributed by atoms with van der Waals surface area (Å²) < 4.78 is 0. The fourth-order valence-electron chi connectivity index (χ4n) is 1.79. The fraction of sp³-hybridized carbons (Fsp3) is 0.533. The molecule has 0 aromatic heterocycles. The largest absolute Gasteiger partial charge is 0.310 e. The summed E-state index contributed by atoms with van der Waals surface area (Å²) in [6, 6.07) is 10.3. The number of nitrogens with one attached hydrogen (secondary N) is 1. The topological polar surface area (TPSA) is 35.8 Å². The molecule has 0 amide bonds. The van der Waals surface area contributed by atoms with Gasteiger partial charge in [0.2, 0.25) is 0 Å². The summed E-state index contributed by atoms with van der Waals surface area (Å²) in [5.41, 5.74) is 1.97. The molecule has 0 heterocycles. The highest BCUT2D eigenvalue weighted by Crippen LogP contribution is 2.13. The lowest BCUT2D eigenvalue weighted by Crippen LogP contribution is -2.20. The van der Waals surface area contributed by atoms with Gasteiger partial charge >= 0.3 is 0 Å². The lowest BCUT2D eigenvalue weighted by atomic mass is 10.1. The van der Waals surface area contributed by atoms with Crippen LogP contribution in [-0.2, 0) is 0 Å². The van der Waals surface area contributed by atoms with Crippen LogP contribution in [0.1, 0.15) is 50.8 Å². The zero-order valence-electron chi connectivity index (χ0n) is 11.0. The van der Waals surface area contributed by atoms with Crippen molar-refractivity contribution in [1.82, 2.24) is 5.32 Å². The highest BCUT2D eigenvalue weighted by molar-refractivity contribution is 5.32.